The third-order valence-corrected chi connectivity index (χ3v) is 3.28. The molecule has 2 rings (SSSR count). The van der Waals surface area contributed by atoms with Crippen molar-refractivity contribution in [3.63, 3.8) is 0 Å². The molecule has 86 valence electrons. The largest absolute Gasteiger partial charge is 0.399 e. The second kappa shape index (κ2) is 3.81. The van der Waals surface area contributed by atoms with Gasteiger partial charge in [-0.15, -0.1) is 0 Å². The Kier molecular flexibility index (Phi) is 2.62. The van der Waals surface area contributed by atoms with Crippen molar-refractivity contribution in [2.75, 3.05) is 5.73 Å². The van der Waals surface area contributed by atoms with Crippen LogP contribution in [0.5, 0.6) is 0 Å². The van der Waals surface area contributed by atoms with Crippen LogP contribution in [0.4, 0.5) is 5.69 Å². The van der Waals surface area contributed by atoms with Gasteiger partial charge in [0.15, 0.2) is 0 Å². The molecule has 1 aliphatic rings. The van der Waals surface area contributed by atoms with E-state index in [1.165, 1.54) is 0 Å². The lowest BCUT2D eigenvalue weighted by molar-refractivity contribution is -0.123. The molecular weight excluding hydrogens is 200 g/mol. The van der Waals surface area contributed by atoms with Crippen LogP contribution in [-0.4, -0.2) is 5.91 Å². The van der Waals surface area contributed by atoms with Crippen LogP contribution in [0.3, 0.4) is 0 Å². The number of nitrogen functional groups attached to an aromatic ring is 1. The molecule has 1 aromatic carbocycles. The van der Waals surface area contributed by atoms with Gasteiger partial charge in [-0.1, -0.05) is 26.0 Å². The number of nitrogens with one attached hydrogen (secondary N) is 1. The van der Waals surface area contributed by atoms with Crippen molar-refractivity contribution in [3.05, 3.63) is 29.8 Å². The zero-order valence-corrected chi connectivity index (χ0v) is 9.79. The maximum Gasteiger partial charge on any atom is 0.223 e. The van der Waals surface area contributed by atoms with Crippen molar-refractivity contribution < 1.29 is 4.79 Å². The van der Waals surface area contributed by atoms with Crippen LogP contribution in [0.1, 0.15) is 25.8 Å². The van der Waals surface area contributed by atoms with E-state index in [1.807, 2.05) is 24.3 Å². The lowest BCUT2D eigenvalue weighted by atomic mass is 10.1. The summed E-state index contributed by atoms with van der Waals surface area (Å²) in [7, 11) is 0. The number of carbonyl (C=O) groups excluding carboxylic acids is 1. The van der Waals surface area contributed by atoms with Gasteiger partial charge in [-0.2, -0.15) is 0 Å². The van der Waals surface area contributed by atoms with Gasteiger partial charge in [0.2, 0.25) is 5.91 Å². The van der Waals surface area contributed by atoms with Gasteiger partial charge in [-0.3, -0.25) is 4.79 Å². The zero-order chi connectivity index (χ0) is 11.8. The fraction of sp³-hybridized carbons (Fsp3) is 0.462. The van der Waals surface area contributed by atoms with Gasteiger partial charge in [0.1, 0.15) is 0 Å². The van der Waals surface area contributed by atoms with Crippen LogP contribution in [0, 0.1) is 11.3 Å². The van der Waals surface area contributed by atoms with Crippen LogP contribution in [-0.2, 0) is 11.3 Å². The van der Waals surface area contributed by atoms with E-state index in [9.17, 15) is 4.79 Å². The molecule has 1 fully saturated rings. The average Bonchev–Trinajstić information content (AvgIpc) is 2.87. The number of hydrogen-bond acceptors (Lipinski definition) is 2. The first-order chi connectivity index (χ1) is 7.49. The topological polar surface area (TPSA) is 55.1 Å². The van der Waals surface area contributed by atoms with E-state index < -0.39 is 0 Å². The minimum absolute atomic E-state index is 0.168. The highest BCUT2D eigenvalue weighted by Crippen LogP contribution is 2.51. The third kappa shape index (κ3) is 2.35. The molecule has 1 aromatic rings. The summed E-state index contributed by atoms with van der Waals surface area (Å²) >= 11 is 0. The number of nitrogens with two attached hydrogens (primary N) is 1. The van der Waals surface area contributed by atoms with Crippen LogP contribution in [0.2, 0.25) is 0 Å². The molecule has 3 N–H and O–H groups in total. The summed E-state index contributed by atoms with van der Waals surface area (Å²) in [5, 5.41) is 2.96. The fourth-order valence-corrected chi connectivity index (χ4v) is 1.86. The molecule has 0 heterocycles. The van der Waals surface area contributed by atoms with E-state index in [0.29, 0.717) is 6.54 Å². The van der Waals surface area contributed by atoms with Gasteiger partial charge in [0, 0.05) is 18.2 Å². The second-order valence-electron chi connectivity index (χ2n) is 5.20. The Morgan fingerprint density at radius 2 is 2.00 bits per heavy atom. The summed E-state index contributed by atoms with van der Waals surface area (Å²) in [6.07, 6.45) is 1.00. The number of amides is 1. The Balaban J connectivity index is 1.84. The van der Waals surface area contributed by atoms with Crippen molar-refractivity contribution in [1.82, 2.24) is 5.32 Å². The predicted molar refractivity (Wildman–Crippen MR) is 64.6 cm³/mol. The molecule has 1 atom stereocenters. The van der Waals surface area contributed by atoms with E-state index in [-0.39, 0.29) is 17.2 Å². The summed E-state index contributed by atoms with van der Waals surface area (Å²) in [5.41, 5.74) is 7.62. The smallest absolute Gasteiger partial charge is 0.223 e. The lowest BCUT2D eigenvalue weighted by Gasteiger charge is -2.06. The molecule has 3 nitrogen and oxygen atoms in total. The van der Waals surface area contributed by atoms with Gasteiger partial charge in [0.25, 0.3) is 0 Å². The minimum Gasteiger partial charge on any atom is -0.399 e. The molecule has 1 amide bonds. The highest BCUT2D eigenvalue weighted by molar-refractivity contribution is 5.82. The summed E-state index contributed by atoms with van der Waals surface area (Å²) < 4.78 is 0. The van der Waals surface area contributed by atoms with Crippen molar-refractivity contribution in [3.8, 4) is 0 Å². The first kappa shape index (κ1) is 11.0. The Bertz CT molecular complexity index is 395. The van der Waals surface area contributed by atoms with Gasteiger partial charge < -0.3 is 11.1 Å². The first-order valence-corrected chi connectivity index (χ1v) is 5.61. The van der Waals surface area contributed by atoms with Gasteiger partial charge in [0.05, 0.1) is 0 Å². The minimum atomic E-state index is 0.168. The molecule has 0 bridgehead atoms. The van der Waals surface area contributed by atoms with E-state index in [0.717, 1.165) is 17.7 Å². The van der Waals surface area contributed by atoms with E-state index in [2.05, 4.69) is 19.2 Å². The van der Waals surface area contributed by atoms with Crippen molar-refractivity contribution in [2.45, 2.75) is 26.8 Å². The molecule has 0 spiro atoms. The van der Waals surface area contributed by atoms with E-state index in [1.54, 1.807) is 0 Å². The average molecular weight is 218 g/mol. The summed E-state index contributed by atoms with van der Waals surface area (Å²) in [4.78, 5) is 11.7. The second-order valence-corrected chi connectivity index (χ2v) is 5.20. The summed E-state index contributed by atoms with van der Waals surface area (Å²) in [5.74, 6) is 0.364. The predicted octanol–water partition coefficient (Wildman–Crippen LogP) is 1.93. The normalized spacial score (nSPS) is 21.5. The van der Waals surface area contributed by atoms with Crippen LogP contribution >= 0.6 is 0 Å². The Labute approximate surface area is 96.0 Å². The summed E-state index contributed by atoms with van der Waals surface area (Å²) in [6.45, 7) is 4.84. The van der Waals surface area contributed by atoms with Gasteiger partial charge in [-0.25, -0.2) is 0 Å². The molecule has 16 heavy (non-hydrogen) atoms. The Morgan fingerprint density at radius 3 is 2.50 bits per heavy atom. The lowest BCUT2D eigenvalue weighted by Crippen LogP contribution is -2.25. The molecule has 0 saturated heterocycles. The third-order valence-electron chi connectivity index (χ3n) is 3.28. The molecule has 0 aliphatic heterocycles. The van der Waals surface area contributed by atoms with Gasteiger partial charge in [-0.05, 0) is 29.5 Å². The number of rotatable bonds is 3. The fourth-order valence-electron chi connectivity index (χ4n) is 1.86. The molecule has 1 unspecified atom stereocenters. The molecule has 1 saturated carbocycles. The van der Waals surface area contributed by atoms with Crippen molar-refractivity contribution >= 4 is 11.6 Å². The Hall–Kier alpha value is -1.51. The maximum absolute atomic E-state index is 11.7. The summed E-state index contributed by atoms with van der Waals surface area (Å²) in [6, 6.07) is 7.58. The number of carbonyl (C=O) groups is 1. The molecule has 0 radical (unpaired) electrons. The first-order valence-electron chi connectivity index (χ1n) is 5.61. The van der Waals surface area contributed by atoms with Crippen LogP contribution in [0.25, 0.3) is 0 Å². The van der Waals surface area contributed by atoms with E-state index in [4.69, 9.17) is 5.73 Å². The molecule has 1 aliphatic carbocycles. The monoisotopic (exact) mass is 218 g/mol. The molecule has 0 aromatic heterocycles. The standard InChI is InChI=1S/C13H18N2O/c1-13(2)7-11(13)12(16)15-8-9-3-5-10(14)6-4-9/h3-6,11H,7-8,14H2,1-2H3,(H,15,16). The van der Waals surface area contributed by atoms with Crippen molar-refractivity contribution in [1.29, 1.82) is 0 Å². The van der Waals surface area contributed by atoms with Crippen molar-refractivity contribution in [2.24, 2.45) is 11.3 Å². The number of hydrogen-bond donors (Lipinski definition) is 2. The van der Waals surface area contributed by atoms with Crippen LogP contribution < -0.4 is 11.1 Å². The molecule has 3 heteroatoms. The Morgan fingerprint density at radius 1 is 1.44 bits per heavy atom. The highest BCUT2D eigenvalue weighted by Gasteiger charge is 2.50. The van der Waals surface area contributed by atoms with E-state index >= 15 is 0 Å². The van der Waals surface area contributed by atoms with Crippen LogP contribution in [0.15, 0.2) is 24.3 Å². The molecular formula is C13H18N2O. The zero-order valence-electron chi connectivity index (χ0n) is 9.79. The number of benzene rings is 1. The highest BCUT2D eigenvalue weighted by atomic mass is 16.2. The number of anilines is 1. The van der Waals surface area contributed by atoms with Gasteiger partial charge >= 0.3 is 0 Å². The quantitative estimate of drug-likeness (QED) is 0.762. The SMILES string of the molecule is CC1(C)CC1C(=O)NCc1ccc(N)cc1. The maximum atomic E-state index is 11.7.